The molecule has 1 aliphatic heterocycles. The van der Waals surface area contributed by atoms with E-state index >= 15 is 0 Å². The van der Waals surface area contributed by atoms with Crippen LogP contribution in [0.15, 0.2) is 59.5 Å². The molecular formula is C23H23N3O5. The number of methoxy groups -OCH3 is 2. The third kappa shape index (κ3) is 4.01. The predicted molar refractivity (Wildman–Crippen MR) is 114 cm³/mol. The molecule has 2 aromatic carbocycles. The molecule has 8 nitrogen and oxygen atoms in total. The van der Waals surface area contributed by atoms with Gasteiger partial charge in [-0.2, -0.15) is 5.10 Å². The minimum absolute atomic E-state index is 0.188. The van der Waals surface area contributed by atoms with E-state index in [2.05, 4.69) is 5.10 Å². The molecule has 0 bridgehead atoms. The first-order valence-electron chi connectivity index (χ1n) is 9.96. The molecule has 2 atom stereocenters. The van der Waals surface area contributed by atoms with E-state index in [1.54, 1.807) is 36.4 Å². The fraction of sp³-hybridized carbons (Fsp3) is 0.304. The molecule has 1 fully saturated rings. The minimum atomic E-state index is -0.483. The Morgan fingerprint density at radius 2 is 1.81 bits per heavy atom. The molecule has 2 heterocycles. The number of nitrogens with zero attached hydrogens (tertiary/aromatic N) is 3. The maximum Gasteiger partial charge on any atom is 0.311 e. The molecule has 1 saturated heterocycles. The van der Waals surface area contributed by atoms with E-state index in [1.165, 1.54) is 11.8 Å². The van der Waals surface area contributed by atoms with Crippen molar-refractivity contribution in [2.24, 2.45) is 5.92 Å². The van der Waals surface area contributed by atoms with Crippen LogP contribution in [0.25, 0.3) is 10.8 Å². The monoisotopic (exact) mass is 421 g/mol. The van der Waals surface area contributed by atoms with Gasteiger partial charge in [-0.3, -0.25) is 14.4 Å². The summed E-state index contributed by atoms with van der Waals surface area (Å²) < 4.78 is 11.3. The van der Waals surface area contributed by atoms with Gasteiger partial charge in [0.05, 0.1) is 31.7 Å². The summed E-state index contributed by atoms with van der Waals surface area (Å²) in [6.45, 7) is 0.394. The number of benzene rings is 2. The van der Waals surface area contributed by atoms with Gasteiger partial charge < -0.3 is 14.4 Å². The van der Waals surface area contributed by atoms with Crippen LogP contribution in [0.2, 0.25) is 0 Å². The number of hydrogen-bond donors (Lipinski definition) is 0. The zero-order chi connectivity index (χ0) is 22.0. The van der Waals surface area contributed by atoms with Crippen molar-refractivity contribution in [3.05, 3.63) is 70.6 Å². The highest BCUT2D eigenvalue weighted by Gasteiger charge is 2.41. The lowest BCUT2D eigenvalue weighted by Gasteiger charge is -2.17. The topological polar surface area (TPSA) is 90.7 Å². The summed E-state index contributed by atoms with van der Waals surface area (Å²) in [5.74, 6) is -0.606. The zero-order valence-electron chi connectivity index (χ0n) is 17.4. The molecule has 0 radical (unpaired) electrons. The second-order valence-corrected chi connectivity index (χ2v) is 7.50. The van der Waals surface area contributed by atoms with E-state index in [1.807, 2.05) is 30.3 Å². The predicted octanol–water partition coefficient (Wildman–Crippen LogP) is 1.82. The summed E-state index contributed by atoms with van der Waals surface area (Å²) in [4.78, 5) is 39.7. The number of likely N-dealkylation sites (tertiary alicyclic amines) is 1. The number of hydrogen-bond acceptors (Lipinski definition) is 6. The third-order valence-corrected chi connectivity index (χ3v) is 5.77. The first-order valence-corrected chi connectivity index (χ1v) is 9.96. The van der Waals surface area contributed by atoms with Gasteiger partial charge in [-0.25, -0.2) is 4.68 Å². The molecule has 8 heteroatoms. The van der Waals surface area contributed by atoms with Crippen molar-refractivity contribution in [2.75, 3.05) is 27.3 Å². The van der Waals surface area contributed by atoms with Crippen LogP contribution in [0, 0.1) is 5.92 Å². The molecule has 1 amide bonds. The van der Waals surface area contributed by atoms with Crippen molar-refractivity contribution < 1.29 is 19.1 Å². The quantitative estimate of drug-likeness (QED) is 0.584. The fourth-order valence-electron chi connectivity index (χ4n) is 4.05. The Bertz CT molecular complexity index is 1170. The van der Waals surface area contributed by atoms with E-state index in [0.29, 0.717) is 17.7 Å². The summed E-state index contributed by atoms with van der Waals surface area (Å²) in [6.07, 6.45) is 1.57. The molecule has 0 unspecified atom stereocenters. The number of rotatable bonds is 5. The van der Waals surface area contributed by atoms with E-state index in [9.17, 15) is 14.4 Å². The highest BCUT2D eigenvalue weighted by atomic mass is 16.5. The van der Waals surface area contributed by atoms with Crippen LogP contribution >= 0.6 is 0 Å². The largest absolute Gasteiger partial charge is 0.497 e. The second kappa shape index (κ2) is 8.59. The van der Waals surface area contributed by atoms with Crippen LogP contribution < -0.4 is 10.3 Å². The first-order chi connectivity index (χ1) is 15.0. The Morgan fingerprint density at radius 1 is 1.06 bits per heavy atom. The summed E-state index contributed by atoms with van der Waals surface area (Å²) in [7, 11) is 2.93. The summed E-state index contributed by atoms with van der Waals surface area (Å²) in [5.41, 5.74) is 0.606. The van der Waals surface area contributed by atoms with Gasteiger partial charge in [-0.1, -0.05) is 30.3 Å². The van der Waals surface area contributed by atoms with Gasteiger partial charge in [-0.15, -0.1) is 0 Å². The van der Waals surface area contributed by atoms with E-state index < -0.39 is 5.92 Å². The third-order valence-electron chi connectivity index (χ3n) is 5.77. The average molecular weight is 421 g/mol. The van der Waals surface area contributed by atoms with Crippen molar-refractivity contribution in [1.29, 1.82) is 0 Å². The maximum absolute atomic E-state index is 13.0. The molecule has 3 aromatic rings. The van der Waals surface area contributed by atoms with Crippen LogP contribution in [0.5, 0.6) is 5.75 Å². The number of esters is 1. The van der Waals surface area contributed by atoms with Gasteiger partial charge in [-0.05, 0) is 23.8 Å². The molecule has 0 spiro atoms. The van der Waals surface area contributed by atoms with Crippen molar-refractivity contribution in [3.8, 4) is 5.75 Å². The lowest BCUT2D eigenvalue weighted by molar-refractivity contribution is -0.145. The van der Waals surface area contributed by atoms with Crippen LogP contribution in [0.4, 0.5) is 0 Å². The Morgan fingerprint density at radius 3 is 2.52 bits per heavy atom. The van der Waals surface area contributed by atoms with E-state index in [-0.39, 0.29) is 36.4 Å². The number of amides is 1. The normalized spacial score (nSPS) is 18.2. The van der Waals surface area contributed by atoms with Crippen molar-refractivity contribution in [1.82, 2.24) is 14.7 Å². The standard InChI is InChI=1S/C23H23N3O5/c1-30-17-9-7-15(8-10-17)19-12-25(13-20(19)23(29)31-2)21(27)14-26-22(28)18-6-4-3-5-16(18)11-24-26/h3-11,19-20H,12-14H2,1-2H3/t19-,20+/m0/s1. The first kappa shape index (κ1) is 20.6. The van der Waals surface area contributed by atoms with Crippen molar-refractivity contribution in [3.63, 3.8) is 0 Å². The molecule has 1 aliphatic rings. The SMILES string of the molecule is COC(=O)[C@@H]1CN(C(=O)Cn2ncc3ccccc3c2=O)C[C@H]1c1ccc(OC)cc1. The number of carbonyl (C=O) groups excluding carboxylic acids is 2. The Kier molecular flexibility index (Phi) is 5.70. The molecule has 4 rings (SSSR count). The van der Waals surface area contributed by atoms with Gasteiger partial charge in [0.15, 0.2) is 0 Å². The van der Waals surface area contributed by atoms with Gasteiger partial charge in [0.1, 0.15) is 12.3 Å². The van der Waals surface area contributed by atoms with E-state index in [0.717, 1.165) is 10.9 Å². The second-order valence-electron chi connectivity index (χ2n) is 7.50. The van der Waals surface area contributed by atoms with Crippen LogP contribution in [-0.4, -0.2) is 53.9 Å². The van der Waals surface area contributed by atoms with E-state index in [4.69, 9.17) is 9.47 Å². The van der Waals surface area contributed by atoms with Crippen LogP contribution in [-0.2, 0) is 20.9 Å². The Balaban J connectivity index is 1.56. The molecule has 0 saturated carbocycles. The molecule has 1 aromatic heterocycles. The van der Waals surface area contributed by atoms with Gasteiger partial charge in [0, 0.05) is 24.4 Å². The van der Waals surface area contributed by atoms with Gasteiger partial charge in [0.2, 0.25) is 5.91 Å². The number of carbonyl (C=O) groups is 2. The van der Waals surface area contributed by atoms with Crippen LogP contribution in [0.3, 0.4) is 0 Å². The lowest BCUT2D eigenvalue weighted by atomic mass is 9.89. The number of aromatic nitrogens is 2. The van der Waals surface area contributed by atoms with Crippen molar-refractivity contribution >= 4 is 22.6 Å². The molecule has 31 heavy (non-hydrogen) atoms. The fourth-order valence-corrected chi connectivity index (χ4v) is 4.05. The zero-order valence-corrected chi connectivity index (χ0v) is 17.4. The van der Waals surface area contributed by atoms with Crippen molar-refractivity contribution in [2.45, 2.75) is 12.5 Å². The summed E-state index contributed by atoms with van der Waals surface area (Å²) >= 11 is 0. The lowest BCUT2D eigenvalue weighted by Crippen LogP contribution is -2.36. The van der Waals surface area contributed by atoms with Gasteiger partial charge in [0.25, 0.3) is 5.56 Å². The number of ether oxygens (including phenoxy) is 2. The average Bonchev–Trinajstić information content (AvgIpc) is 3.26. The Labute approximate surface area is 179 Å². The molecule has 0 aliphatic carbocycles. The smallest absolute Gasteiger partial charge is 0.311 e. The summed E-state index contributed by atoms with van der Waals surface area (Å²) in [5, 5.41) is 5.37. The molecule has 0 N–H and O–H groups in total. The summed E-state index contributed by atoms with van der Waals surface area (Å²) in [6, 6.07) is 14.6. The van der Waals surface area contributed by atoms with Crippen LogP contribution in [0.1, 0.15) is 11.5 Å². The molecular weight excluding hydrogens is 398 g/mol. The minimum Gasteiger partial charge on any atom is -0.497 e. The molecule has 160 valence electrons. The van der Waals surface area contributed by atoms with Gasteiger partial charge >= 0.3 is 5.97 Å². The highest BCUT2D eigenvalue weighted by molar-refractivity contribution is 5.82. The number of fused-ring (bicyclic) bond motifs is 1. The Hall–Kier alpha value is -3.68. The maximum atomic E-state index is 13.0. The highest BCUT2D eigenvalue weighted by Crippen LogP contribution is 2.34.